The van der Waals surface area contributed by atoms with Crippen LogP contribution in [0.4, 0.5) is 30.4 Å². The largest absolute Gasteiger partial charge is 0.391 e. The predicted octanol–water partition coefficient (Wildman–Crippen LogP) is 4.37. The van der Waals surface area contributed by atoms with Crippen molar-refractivity contribution in [1.29, 1.82) is 0 Å². The average molecular weight is 364 g/mol. The fourth-order valence-corrected chi connectivity index (χ4v) is 3.16. The van der Waals surface area contributed by atoms with Crippen molar-refractivity contribution in [3.05, 3.63) is 47.7 Å². The van der Waals surface area contributed by atoms with Crippen molar-refractivity contribution < 1.29 is 13.2 Å². The molecule has 1 aromatic carbocycles. The minimum Gasteiger partial charge on any atom is -0.357 e. The van der Waals surface area contributed by atoms with Gasteiger partial charge in [0.25, 0.3) is 0 Å². The molecule has 0 unspecified atom stereocenters. The molecule has 0 bridgehead atoms. The highest BCUT2D eigenvalue weighted by molar-refractivity contribution is 5.64. The van der Waals surface area contributed by atoms with E-state index in [0.717, 1.165) is 28.3 Å². The number of halogens is 3. The molecule has 3 N–H and O–H groups in total. The summed E-state index contributed by atoms with van der Waals surface area (Å²) >= 11 is 0. The third-order valence-corrected chi connectivity index (χ3v) is 4.85. The van der Waals surface area contributed by atoms with Crippen LogP contribution in [0.25, 0.3) is 0 Å². The monoisotopic (exact) mass is 364 g/mol. The number of aryl methyl sites for hydroxylation is 1. The molecule has 0 spiro atoms. The lowest BCUT2D eigenvalue weighted by Crippen LogP contribution is -2.39. The van der Waals surface area contributed by atoms with Gasteiger partial charge in [0.15, 0.2) is 0 Å². The van der Waals surface area contributed by atoms with E-state index >= 15 is 0 Å². The number of aromatic nitrogens is 1. The van der Waals surface area contributed by atoms with Crippen LogP contribution in [0.2, 0.25) is 0 Å². The summed E-state index contributed by atoms with van der Waals surface area (Å²) in [5.74, 6) is -0.468. The Kier molecular flexibility index (Phi) is 5.36. The lowest BCUT2D eigenvalue weighted by molar-refractivity contribution is -0.179. The van der Waals surface area contributed by atoms with Crippen LogP contribution in [0, 0.1) is 12.8 Å². The SMILES string of the molecule is Cc1cc(N2CCC(C(F)(F)F)CC2)ncc1Nc1ccc(CN)cc1. The van der Waals surface area contributed by atoms with Gasteiger partial charge in [-0.15, -0.1) is 0 Å². The Morgan fingerprint density at radius 2 is 1.85 bits per heavy atom. The molecule has 0 amide bonds. The van der Waals surface area contributed by atoms with Crippen molar-refractivity contribution in [1.82, 2.24) is 4.98 Å². The van der Waals surface area contributed by atoms with E-state index in [0.29, 0.717) is 19.6 Å². The van der Waals surface area contributed by atoms with E-state index < -0.39 is 12.1 Å². The molecule has 1 aliphatic rings. The van der Waals surface area contributed by atoms with Crippen LogP contribution in [-0.2, 0) is 6.54 Å². The molecule has 4 nitrogen and oxygen atoms in total. The highest BCUT2D eigenvalue weighted by Gasteiger charge is 2.41. The molecule has 140 valence electrons. The lowest BCUT2D eigenvalue weighted by atomic mass is 9.96. The van der Waals surface area contributed by atoms with Crippen molar-refractivity contribution in [2.45, 2.75) is 32.5 Å². The molecular formula is C19H23F3N4. The molecule has 2 aromatic rings. The number of rotatable bonds is 4. The number of piperidine rings is 1. The van der Waals surface area contributed by atoms with Gasteiger partial charge in [-0.2, -0.15) is 13.2 Å². The third kappa shape index (κ3) is 4.27. The summed E-state index contributed by atoms with van der Waals surface area (Å²) in [6.45, 7) is 3.22. The summed E-state index contributed by atoms with van der Waals surface area (Å²) in [5.41, 5.74) is 9.46. The maximum atomic E-state index is 12.8. The Hall–Kier alpha value is -2.28. The Bertz CT molecular complexity index is 735. The van der Waals surface area contributed by atoms with Crippen molar-refractivity contribution in [2.75, 3.05) is 23.3 Å². The summed E-state index contributed by atoms with van der Waals surface area (Å²) in [7, 11) is 0. The quantitative estimate of drug-likeness (QED) is 0.846. The number of nitrogens with one attached hydrogen (secondary N) is 1. The molecule has 1 fully saturated rings. The van der Waals surface area contributed by atoms with Crippen molar-refractivity contribution in [3.8, 4) is 0 Å². The first-order valence-corrected chi connectivity index (χ1v) is 8.71. The predicted molar refractivity (Wildman–Crippen MR) is 97.6 cm³/mol. The van der Waals surface area contributed by atoms with Gasteiger partial charge in [-0.25, -0.2) is 4.98 Å². The first-order chi connectivity index (χ1) is 12.4. The van der Waals surface area contributed by atoms with Gasteiger partial charge < -0.3 is 16.0 Å². The molecule has 1 saturated heterocycles. The van der Waals surface area contributed by atoms with Crippen molar-refractivity contribution in [2.24, 2.45) is 11.7 Å². The zero-order valence-electron chi connectivity index (χ0n) is 14.7. The molecule has 0 radical (unpaired) electrons. The van der Waals surface area contributed by atoms with E-state index in [1.165, 1.54) is 0 Å². The molecule has 0 atom stereocenters. The zero-order chi connectivity index (χ0) is 18.7. The van der Waals surface area contributed by atoms with E-state index in [1.807, 2.05) is 42.2 Å². The molecule has 7 heteroatoms. The molecular weight excluding hydrogens is 341 g/mol. The maximum absolute atomic E-state index is 12.8. The summed E-state index contributed by atoms with van der Waals surface area (Å²) in [6.07, 6.45) is -2.12. The van der Waals surface area contributed by atoms with Crippen LogP contribution in [0.15, 0.2) is 36.5 Å². The van der Waals surface area contributed by atoms with Gasteiger partial charge >= 0.3 is 6.18 Å². The summed E-state index contributed by atoms with van der Waals surface area (Å²) in [5, 5.41) is 3.31. The molecule has 1 aromatic heterocycles. The molecule has 26 heavy (non-hydrogen) atoms. The fourth-order valence-electron chi connectivity index (χ4n) is 3.16. The van der Waals surface area contributed by atoms with Crippen molar-refractivity contribution in [3.63, 3.8) is 0 Å². The first kappa shape index (κ1) is 18.5. The highest BCUT2D eigenvalue weighted by atomic mass is 19.4. The molecule has 2 heterocycles. The molecule has 0 aliphatic carbocycles. The standard InChI is InChI=1S/C19H23F3N4/c1-13-10-18(26-8-6-15(7-9-26)19(20,21)22)24-12-17(13)25-16-4-2-14(11-23)3-5-16/h2-5,10,12,15,25H,6-9,11,23H2,1H3. The minimum atomic E-state index is -4.09. The van der Waals surface area contributed by atoms with Gasteiger partial charge in [-0.1, -0.05) is 12.1 Å². The fraction of sp³-hybridized carbons (Fsp3) is 0.421. The van der Waals surface area contributed by atoms with Crippen LogP contribution in [0.5, 0.6) is 0 Å². The van der Waals surface area contributed by atoms with Crippen LogP contribution >= 0.6 is 0 Å². The Morgan fingerprint density at radius 3 is 2.38 bits per heavy atom. The van der Waals surface area contributed by atoms with Crippen LogP contribution < -0.4 is 16.0 Å². The minimum absolute atomic E-state index is 0.123. The zero-order valence-corrected chi connectivity index (χ0v) is 14.7. The number of alkyl halides is 3. The van der Waals surface area contributed by atoms with E-state index in [-0.39, 0.29) is 12.8 Å². The van der Waals surface area contributed by atoms with Gasteiger partial charge in [0.05, 0.1) is 17.8 Å². The number of benzene rings is 1. The lowest BCUT2D eigenvalue weighted by Gasteiger charge is -2.33. The maximum Gasteiger partial charge on any atom is 0.391 e. The van der Waals surface area contributed by atoms with E-state index in [2.05, 4.69) is 10.3 Å². The Balaban J connectivity index is 1.66. The molecule has 0 saturated carbocycles. The number of nitrogens with zero attached hydrogens (tertiary/aromatic N) is 2. The normalized spacial score (nSPS) is 16.0. The summed E-state index contributed by atoms with van der Waals surface area (Å²) in [4.78, 5) is 6.37. The second kappa shape index (κ2) is 7.53. The van der Waals surface area contributed by atoms with E-state index in [1.54, 1.807) is 6.20 Å². The molecule has 3 rings (SSSR count). The van der Waals surface area contributed by atoms with Gasteiger partial charge in [0.1, 0.15) is 5.82 Å². The third-order valence-electron chi connectivity index (χ3n) is 4.85. The number of hydrogen-bond acceptors (Lipinski definition) is 4. The number of anilines is 3. The summed E-state index contributed by atoms with van der Waals surface area (Å²) < 4.78 is 38.4. The second-order valence-corrected chi connectivity index (χ2v) is 6.69. The number of pyridine rings is 1. The smallest absolute Gasteiger partial charge is 0.357 e. The second-order valence-electron chi connectivity index (χ2n) is 6.69. The Morgan fingerprint density at radius 1 is 1.19 bits per heavy atom. The van der Waals surface area contributed by atoms with Gasteiger partial charge in [-0.05, 0) is 49.1 Å². The van der Waals surface area contributed by atoms with Gasteiger partial charge in [0.2, 0.25) is 0 Å². The molecule has 1 aliphatic heterocycles. The average Bonchev–Trinajstić information content (AvgIpc) is 2.63. The van der Waals surface area contributed by atoms with E-state index in [4.69, 9.17) is 5.73 Å². The van der Waals surface area contributed by atoms with Gasteiger partial charge in [0, 0.05) is 25.3 Å². The van der Waals surface area contributed by atoms with Crippen molar-refractivity contribution >= 4 is 17.2 Å². The van der Waals surface area contributed by atoms with E-state index in [9.17, 15) is 13.2 Å². The summed E-state index contributed by atoms with van der Waals surface area (Å²) in [6, 6.07) is 9.76. The van der Waals surface area contributed by atoms with Crippen LogP contribution in [0.3, 0.4) is 0 Å². The highest BCUT2D eigenvalue weighted by Crippen LogP contribution is 2.35. The van der Waals surface area contributed by atoms with Crippen LogP contribution in [0.1, 0.15) is 24.0 Å². The first-order valence-electron chi connectivity index (χ1n) is 8.71. The Labute approximate surface area is 151 Å². The number of hydrogen-bond donors (Lipinski definition) is 2. The van der Waals surface area contributed by atoms with Gasteiger partial charge in [-0.3, -0.25) is 0 Å². The van der Waals surface area contributed by atoms with Crippen LogP contribution in [-0.4, -0.2) is 24.2 Å². The topological polar surface area (TPSA) is 54.2 Å². The number of nitrogens with two attached hydrogens (primary N) is 1.